The monoisotopic (exact) mass is 244 g/mol. The number of rotatable bonds is 3. The topological polar surface area (TPSA) is 29.3 Å². The third-order valence-corrected chi connectivity index (χ3v) is 3.02. The van der Waals surface area contributed by atoms with E-state index in [1.165, 1.54) is 17.7 Å². The second-order valence-corrected chi connectivity index (χ2v) is 4.52. The summed E-state index contributed by atoms with van der Waals surface area (Å²) in [6, 6.07) is 12.5. The van der Waals surface area contributed by atoms with Crippen LogP contribution >= 0.6 is 0 Å². The maximum atomic E-state index is 12.8. The van der Waals surface area contributed by atoms with Crippen molar-refractivity contribution in [3.8, 4) is 0 Å². The molecule has 0 spiro atoms. The molecule has 0 heterocycles. The molecule has 3 heteroatoms. The highest BCUT2D eigenvalue weighted by atomic mass is 19.1. The van der Waals surface area contributed by atoms with Gasteiger partial charge in [0.25, 0.3) is 0 Å². The molecule has 0 bridgehead atoms. The van der Waals surface area contributed by atoms with Crippen molar-refractivity contribution < 1.29 is 4.39 Å². The lowest BCUT2D eigenvalue weighted by molar-refractivity contribution is 0.627. The number of nitrogens with two attached hydrogens (primary N) is 1. The molecule has 0 aromatic heterocycles. The summed E-state index contributed by atoms with van der Waals surface area (Å²) < 4.78 is 12.8. The summed E-state index contributed by atoms with van der Waals surface area (Å²) in [7, 11) is 1.99. The lowest BCUT2D eigenvalue weighted by Gasteiger charge is -2.19. The normalized spacial score (nSPS) is 10.4. The largest absolute Gasteiger partial charge is 0.399 e. The molecule has 0 fully saturated rings. The molecule has 0 aliphatic carbocycles. The van der Waals surface area contributed by atoms with E-state index in [2.05, 4.69) is 11.0 Å². The van der Waals surface area contributed by atoms with E-state index in [1.807, 2.05) is 26.1 Å². The minimum Gasteiger partial charge on any atom is -0.399 e. The number of hydrogen-bond donors (Lipinski definition) is 1. The van der Waals surface area contributed by atoms with Gasteiger partial charge < -0.3 is 10.6 Å². The molecular formula is C15H17FN2. The molecule has 2 nitrogen and oxygen atoms in total. The van der Waals surface area contributed by atoms with Crippen LogP contribution in [0.1, 0.15) is 11.1 Å². The zero-order valence-corrected chi connectivity index (χ0v) is 10.7. The van der Waals surface area contributed by atoms with Crippen molar-refractivity contribution in [1.82, 2.24) is 0 Å². The summed E-state index contributed by atoms with van der Waals surface area (Å²) in [5.41, 5.74) is 9.86. The molecule has 0 aliphatic heterocycles. The van der Waals surface area contributed by atoms with Gasteiger partial charge in [0.15, 0.2) is 0 Å². The van der Waals surface area contributed by atoms with Crippen LogP contribution in [0.3, 0.4) is 0 Å². The number of aryl methyl sites for hydroxylation is 1. The van der Waals surface area contributed by atoms with Gasteiger partial charge in [0, 0.05) is 25.0 Å². The fourth-order valence-electron chi connectivity index (χ4n) is 1.90. The number of nitrogen functional groups attached to an aromatic ring is 1. The van der Waals surface area contributed by atoms with Gasteiger partial charge in [-0.2, -0.15) is 0 Å². The first-order valence-electron chi connectivity index (χ1n) is 5.88. The number of hydrogen-bond acceptors (Lipinski definition) is 2. The molecule has 2 aromatic rings. The van der Waals surface area contributed by atoms with E-state index in [0.717, 1.165) is 23.5 Å². The second-order valence-electron chi connectivity index (χ2n) is 4.52. The maximum absolute atomic E-state index is 12.8. The first kappa shape index (κ1) is 12.4. The molecule has 0 amide bonds. The van der Waals surface area contributed by atoms with Crippen molar-refractivity contribution in [3.63, 3.8) is 0 Å². The van der Waals surface area contributed by atoms with Crippen LogP contribution < -0.4 is 10.6 Å². The SMILES string of the molecule is Cc1cc(CN(C)c2ccc(F)cc2)ccc1N. The summed E-state index contributed by atoms with van der Waals surface area (Å²) in [4.78, 5) is 2.07. The minimum absolute atomic E-state index is 0.213. The van der Waals surface area contributed by atoms with Gasteiger partial charge in [0.2, 0.25) is 0 Å². The van der Waals surface area contributed by atoms with Gasteiger partial charge in [-0.05, 0) is 48.4 Å². The lowest BCUT2D eigenvalue weighted by atomic mass is 10.1. The predicted molar refractivity (Wildman–Crippen MR) is 74.1 cm³/mol. The molecule has 18 heavy (non-hydrogen) atoms. The number of nitrogens with zero attached hydrogens (tertiary/aromatic N) is 1. The van der Waals surface area contributed by atoms with E-state index in [0.29, 0.717) is 0 Å². The number of halogens is 1. The van der Waals surface area contributed by atoms with Crippen LogP contribution in [0, 0.1) is 12.7 Å². The molecule has 0 atom stereocenters. The van der Waals surface area contributed by atoms with E-state index in [-0.39, 0.29) is 5.82 Å². The molecule has 0 saturated carbocycles. The van der Waals surface area contributed by atoms with Gasteiger partial charge in [0.05, 0.1) is 0 Å². The number of anilines is 2. The van der Waals surface area contributed by atoms with Crippen molar-refractivity contribution in [3.05, 3.63) is 59.4 Å². The highest BCUT2D eigenvalue weighted by Crippen LogP contribution is 2.18. The Labute approximate surface area is 107 Å². The van der Waals surface area contributed by atoms with Crippen LogP contribution in [-0.4, -0.2) is 7.05 Å². The average Bonchev–Trinajstić information content (AvgIpc) is 2.34. The maximum Gasteiger partial charge on any atom is 0.123 e. The Hall–Kier alpha value is -2.03. The molecule has 0 aliphatic rings. The Balaban J connectivity index is 2.13. The van der Waals surface area contributed by atoms with Gasteiger partial charge in [-0.3, -0.25) is 0 Å². The third-order valence-electron chi connectivity index (χ3n) is 3.02. The van der Waals surface area contributed by atoms with Gasteiger partial charge in [-0.15, -0.1) is 0 Å². The van der Waals surface area contributed by atoms with E-state index >= 15 is 0 Å². The Morgan fingerprint density at radius 3 is 2.39 bits per heavy atom. The average molecular weight is 244 g/mol. The highest BCUT2D eigenvalue weighted by molar-refractivity contribution is 5.50. The Morgan fingerprint density at radius 2 is 1.78 bits per heavy atom. The summed E-state index contributed by atoms with van der Waals surface area (Å²) in [6.45, 7) is 2.77. The van der Waals surface area contributed by atoms with E-state index in [1.54, 1.807) is 12.1 Å². The van der Waals surface area contributed by atoms with Crippen LogP contribution in [0.25, 0.3) is 0 Å². The second kappa shape index (κ2) is 5.08. The van der Waals surface area contributed by atoms with Gasteiger partial charge in [-0.1, -0.05) is 12.1 Å². The number of benzene rings is 2. The summed E-state index contributed by atoms with van der Waals surface area (Å²) in [5.74, 6) is -0.213. The fraction of sp³-hybridized carbons (Fsp3) is 0.200. The van der Waals surface area contributed by atoms with Crippen LogP contribution in [0.15, 0.2) is 42.5 Å². The van der Waals surface area contributed by atoms with Crippen molar-refractivity contribution in [2.75, 3.05) is 17.7 Å². The summed E-state index contributed by atoms with van der Waals surface area (Å²) in [5, 5.41) is 0. The van der Waals surface area contributed by atoms with E-state index in [9.17, 15) is 4.39 Å². The Kier molecular flexibility index (Phi) is 3.51. The van der Waals surface area contributed by atoms with Crippen LogP contribution in [-0.2, 0) is 6.54 Å². The minimum atomic E-state index is -0.213. The molecule has 2 N–H and O–H groups in total. The predicted octanol–water partition coefficient (Wildman–Crippen LogP) is 3.35. The standard InChI is InChI=1S/C15H17FN2/c1-11-9-12(3-8-15(11)17)10-18(2)14-6-4-13(16)5-7-14/h3-9H,10,17H2,1-2H3. The molecule has 94 valence electrons. The van der Waals surface area contributed by atoms with E-state index < -0.39 is 0 Å². The molecular weight excluding hydrogens is 227 g/mol. The molecule has 2 aromatic carbocycles. The first-order valence-corrected chi connectivity index (χ1v) is 5.88. The summed E-state index contributed by atoms with van der Waals surface area (Å²) in [6.07, 6.45) is 0. The third kappa shape index (κ3) is 2.80. The smallest absolute Gasteiger partial charge is 0.123 e. The van der Waals surface area contributed by atoms with Gasteiger partial charge in [-0.25, -0.2) is 4.39 Å². The lowest BCUT2D eigenvalue weighted by Crippen LogP contribution is -2.16. The first-order chi connectivity index (χ1) is 8.56. The molecule has 0 radical (unpaired) electrons. The van der Waals surface area contributed by atoms with Crippen LogP contribution in [0.2, 0.25) is 0 Å². The van der Waals surface area contributed by atoms with Crippen molar-refractivity contribution in [2.45, 2.75) is 13.5 Å². The summed E-state index contributed by atoms with van der Waals surface area (Å²) >= 11 is 0. The van der Waals surface area contributed by atoms with Crippen molar-refractivity contribution in [2.24, 2.45) is 0 Å². The van der Waals surface area contributed by atoms with Gasteiger partial charge in [0.1, 0.15) is 5.82 Å². The van der Waals surface area contributed by atoms with Crippen molar-refractivity contribution in [1.29, 1.82) is 0 Å². The Bertz CT molecular complexity index is 535. The van der Waals surface area contributed by atoms with E-state index in [4.69, 9.17) is 5.73 Å². The molecule has 0 saturated heterocycles. The molecule has 0 unspecified atom stereocenters. The quantitative estimate of drug-likeness (QED) is 0.839. The van der Waals surface area contributed by atoms with Crippen LogP contribution in [0.5, 0.6) is 0 Å². The molecule has 2 rings (SSSR count). The van der Waals surface area contributed by atoms with Crippen LogP contribution in [0.4, 0.5) is 15.8 Å². The zero-order valence-electron chi connectivity index (χ0n) is 10.7. The fourth-order valence-corrected chi connectivity index (χ4v) is 1.90. The highest BCUT2D eigenvalue weighted by Gasteiger charge is 2.03. The van der Waals surface area contributed by atoms with Gasteiger partial charge >= 0.3 is 0 Å². The van der Waals surface area contributed by atoms with Crippen molar-refractivity contribution >= 4 is 11.4 Å². The zero-order chi connectivity index (χ0) is 13.1. The Morgan fingerprint density at radius 1 is 1.11 bits per heavy atom.